The lowest BCUT2D eigenvalue weighted by Gasteiger charge is -2.20. The molecule has 486 valence electrons. The Morgan fingerprint density at radius 1 is 0.337 bits per heavy atom. The second-order valence-corrected chi connectivity index (χ2v) is 25.3. The fourth-order valence-electron chi connectivity index (χ4n) is 11.3. The molecule has 0 aliphatic carbocycles. The van der Waals surface area contributed by atoms with Gasteiger partial charge in [-0.3, -0.25) is 9.59 Å². The minimum atomic E-state index is -0.847. The van der Waals surface area contributed by atoms with Crippen LogP contribution in [0, 0.1) is 0 Å². The number of carbonyl (C=O) groups is 2. The number of amides is 1. The lowest BCUT2D eigenvalue weighted by Crippen LogP contribution is -2.45. The van der Waals surface area contributed by atoms with Crippen molar-refractivity contribution in [3.8, 4) is 0 Å². The van der Waals surface area contributed by atoms with E-state index in [-0.39, 0.29) is 18.5 Å². The average molecular weight is 1160 g/mol. The molecule has 0 spiro atoms. The van der Waals surface area contributed by atoms with Crippen molar-refractivity contribution in [3.05, 3.63) is 60.8 Å². The summed E-state index contributed by atoms with van der Waals surface area (Å²) in [6.07, 6.45) is 95.9. The van der Waals surface area contributed by atoms with Crippen LogP contribution in [-0.4, -0.2) is 47.4 Å². The Morgan fingerprint density at radius 3 is 0.940 bits per heavy atom. The monoisotopic (exact) mass is 1160 g/mol. The van der Waals surface area contributed by atoms with Crippen LogP contribution in [0.1, 0.15) is 393 Å². The van der Waals surface area contributed by atoms with Gasteiger partial charge in [-0.05, 0) is 96.3 Å². The fourth-order valence-corrected chi connectivity index (χ4v) is 11.3. The average Bonchev–Trinajstić information content (AvgIpc) is 3.49. The summed E-state index contributed by atoms with van der Waals surface area (Å²) < 4.78 is 5.50. The first kappa shape index (κ1) is 80.6. The van der Waals surface area contributed by atoms with Crippen LogP contribution >= 0.6 is 0 Å². The van der Waals surface area contributed by atoms with Crippen LogP contribution in [0.2, 0.25) is 0 Å². The molecule has 0 bridgehead atoms. The van der Waals surface area contributed by atoms with E-state index in [0.29, 0.717) is 19.4 Å². The van der Waals surface area contributed by atoms with Gasteiger partial charge >= 0.3 is 5.97 Å². The van der Waals surface area contributed by atoms with Crippen LogP contribution in [0.4, 0.5) is 0 Å². The standard InChI is InChI=1S/C77H143NO5/c1-3-5-7-9-11-13-15-17-19-21-34-39-43-47-51-55-59-63-67-71-77(82)83-72-68-64-60-56-52-48-44-40-36-33-31-29-27-25-23-24-26-28-30-32-35-38-42-46-50-54-58-62-66-70-76(81)78-74(73-79)75(80)69-65-61-57-53-49-45-41-37-22-20-18-16-14-12-10-8-6-4-2/h11,13,17,19,23,25,29,31,65,69,74-75,79-80H,3-10,12,14-16,18,20-22,24,26-28,30,32-64,66-68,70-73H2,1-2H3,(H,78,81)/b13-11-,19-17-,25-23-,31-29-,69-65+. The molecule has 0 fully saturated rings. The summed E-state index contributed by atoms with van der Waals surface area (Å²) in [4.78, 5) is 24.6. The van der Waals surface area contributed by atoms with Crippen LogP contribution in [0.25, 0.3) is 0 Å². The Labute approximate surface area is 518 Å². The number of rotatable bonds is 69. The molecule has 3 N–H and O–H groups in total. The van der Waals surface area contributed by atoms with Gasteiger partial charge in [0.2, 0.25) is 5.91 Å². The number of esters is 1. The van der Waals surface area contributed by atoms with Crippen molar-refractivity contribution in [2.24, 2.45) is 0 Å². The van der Waals surface area contributed by atoms with Gasteiger partial charge in [0.15, 0.2) is 0 Å². The third kappa shape index (κ3) is 68.5. The molecule has 0 aromatic rings. The Hall–Kier alpha value is -2.44. The molecule has 6 nitrogen and oxygen atoms in total. The lowest BCUT2D eigenvalue weighted by molar-refractivity contribution is -0.143. The van der Waals surface area contributed by atoms with Crippen molar-refractivity contribution in [1.29, 1.82) is 0 Å². The number of aliphatic hydroxyl groups excluding tert-OH is 2. The maximum atomic E-state index is 12.5. The Kier molecular flexibility index (Phi) is 69.9. The van der Waals surface area contributed by atoms with Gasteiger partial charge in [0.05, 0.1) is 25.4 Å². The van der Waals surface area contributed by atoms with Crippen molar-refractivity contribution in [2.45, 2.75) is 405 Å². The molecule has 0 aliphatic rings. The van der Waals surface area contributed by atoms with E-state index in [9.17, 15) is 19.8 Å². The third-order valence-electron chi connectivity index (χ3n) is 17.0. The number of unbranched alkanes of at least 4 members (excludes halogenated alkanes) is 50. The zero-order valence-electron chi connectivity index (χ0n) is 55.7. The second-order valence-electron chi connectivity index (χ2n) is 25.3. The molecule has 0 saturated carbocycles. The van der Waals surface area contributed by atoms with Gasteiger partial charge < -0.3 is 20.3 Å². The van der Waals surface area contributed by atoms with E-state index >= 15 is 0 Å². The van der Waals surface area contributed by atoms with Gasteiger partial charge in [-0.2, -0.15) is 0 Å². The van der Waals surface area contributed by atoms with Gasteiger partial charge in [0.1, 0.15) is 0 Å². The maximum Gasteiger partial charge on any atom is 0.305 e. The van der Waals surface area contributed by atoms with Crippen molar-refractivity contribution in [2.75, 3.05) is 13.2 Å². The van der Waals surface area contributed by atoms with Gasteiger partial charge in [-0.1, -0.05) is 344 Å². The molecule has 0 aromatic carbocycles. The topological polar surface area (TPSA) is 95.9 Å². The summed E-state index contributed by atoms with van der Waals surface area (Å²) in [5.74, 6) is -0.0586. The van der Waals surface area contributed by atoms with E-state index in [2.05, 4.69) is 67.8 Å². The zero-order chi connectivity index (χ0) is 59.9. The molecule has 6 heteroatoms. The number of allylic oxidation sites excluding steroid dienone is 9. The van der Waals surface area contributed by atoms with Crippen LogP contribution < -0.4 is 5.32 Å². The van der Waals surface area contributed by atoms with Crippen molar-refractivity contribution in [3.63, 3.8) is 0 Å². The normalized spacial score (nSPS) is 12.9. The molecular weight excluding hydrogens is 1020 g/mol. The highest BCUT2D eigenvalue weighted by Crippen LogP contribution is 2.18. The summed E-state index contributed by atoms with van der Waals surface area (Å²) in [5.41, 5.74) is 0. The Morgan fingerprint density at radius 2 is 0.602 bits per heavy atom. The number of carbonyl (C=O) groups excluding carboxylic acids is 2. The molecular formula is C77H143NO5. The van der Waals surface area contributed by atoms with Crippen molar-refractivity contribution < 1.29 is 24.5 Å². The minimum absolute atomic E-state index is 0.00796. The fraction of sp³-hybridized carbons (Fsp3) is 0.844. The van der Waals surface area contributed by atoms with Crippen LogP contribution in [-0.2, 0) is 14.3 Å². The molecule has 83 heavy (non-hydrogen) atoms. The molecule has 0 heterocycles. The maximum absolute atomic E-state index is 12.5. The summed E-state index contributed by atoms with van der Waals surface area (Å²) >= 11 is 0. The summed E-state index contributed by atoms with van der Waals surface area (Å²) in [7, 11) is 0. The van der Waals surface area contributed by atoms with E-state index in [1.165, 1.54) is 308 Å². The smallest absolute Gasteiger partial charge is 0.305 e. The van der Waals surface area contributed by atoms with Crippen molar-refractivity contribution in [1.82, 2.24) is 5.32 Å². The van der Waals surface area contributed by atoms with E-state index < -0.39 is 12.1 Å². The van der Waals surface area contributed by atoms with Crippen LogP contribution in [0.3, 0.4) is 0 Å². The predicted octanol–water partition coefficient (Wildman–Crippen LogP) is 24.2. The quantitative estimate of drug-likeness (QED) is 0.0320. The molecule has 0 rings (SSSR count). The molecule has 0 radical (unpaired) electrons. The third-order valence-corrected chi connectivity index (χ3v) is 17.0. The highest BCUT2D eigenvalue weighted by molar-refractivity contribution is 5.76. The molecule has 1 amide bonds. The summed E-state index contributed by atoms with van der Waals surface area (Å²) in [6.45, 7) is 4.90. The number of hydrogen-bond acceptors (Lipinski definition) is 5. The zero-order valence-corrected chi connectivity index (χ0v) is 55.7. The molecule has 0 saturated heterocycles. The number of nitrogens with one attached hydrogen (secondary N) is 1. The van der Waals surface area contributed by atoms with E-state index in [1.54, 1.807) is 6.08 Å². The molecule has 0 aromatic heterocycles. The Balaban J connectivity index is 3.42. The van der Waals surface area contributed by atoms with Gasteiger partial charge in [-0.15, -0.1) is 0 Å². The van der Waals surface area contributed by atoms with Gasteiger partial charge in [-0.25, -0.2) is 0 Å². The SMILES string of the molecule is CCCCC/C=C\C/C=C\CCCCCCCCCCCC(=O)OCCCCCCCCCCC/C=C\C/C=C\CCCCCCCCCCCCCCCC(=O)NC(CO)C(O)/C=C/CCCCCCCCCCCCCCCCCC. The number of hydrogen-bond donors (Lipinski definition) is 3. The second kappa shape index (κ2) is 72.0. The summed E-state index contributed by atoms with van der Waals surface area (Å²) in [6, 6.07) is -0.630. The molecule has 0 aliphatic heterocycles. The number of aliphatic hydroxyl groups is 2. The van der Waals surface area contributed by atoms with Gasteiger partial charge in [0.25, 0.3) is 0 Å². The first-order valence-electron chi connectivity index (χ1n) is 37.1. The highest BCUT2D eigenvalue weighted by Gasteiger charge is 2.18. The van der Waals surface area contributed by atoms with Crippen LogP contribution in [0.15, 0.2) is 60.8 Å². The van der Waals surface area contributed by atoms with Crippen molar-refractivity contribution >= 4 is 11.9 Å². The van der Waals surface area contributed by atoms with Gasteiger partial charge in [0, 0.05) is 12.8 Å². The van der Waals surface area contributed by atoms with Crippen LogP contribution in [0.5, 0.6) is 0 Å². The first-order chi connectivity index (χ1) is 41.0. The number of ether oxygens (including phenoxy) is 1. The van der Waals surface area contributed by atoms with E-state index in [4.69, 9.17) is 4.74 Å². The first-order valence-corrected chi connectivity index (χ1v) is 37.1. The molecule has 2 unspecified atom stereocenters. The highest BCUT2D eigenvalue weighted by atomic mass is 16.5. The Bertz CT molecular complexity index is 1430. The van der Waals surface area contributed by atoms with E-state index in [1.807, 2.05) is 6.08 Å². The molecule has 2 atom stereocenters. The predicted molar refractivity (Wildman–Crippen MR) is 365 cm³/mol. The van der Waals surface area contributed by atoms with E-state index in [0.717, 1.165) is 57.8 Å². The lowest BCUT2D eigenvalue weighted by atomic mass is 10.0. The summed E-state index contributed by atoms with van der Waals surface area (Å²) in [5, 5.41) is 23.2. The minimum Gasteiger partial charge on any atom is -0.466 e. The largest absolute Gasteiger partial charge is 0.466 e.